The molecule has 0 saturated heterocycles. The first-order valence-corrected chi connectivity index (χ1v) is 6.96. The first-order valence-electron chi connectivity index (χ1n) is 6.96. The van der Waals surface area contributed by atoms with Crippen molar-refractivity contribution in [1.82, 2.24) is 0 Å². The summed E-state index contributed by atoms with van der Waals surface area (Å²) in [4.78, 5) is 0. The minimum absolute atomic E-state index is 0.519. The summed E-state index contributed by atoms with van der Waals surface area (Å²) >= 11 is 0. The highest BCUT2D eigenvalue weighted by Crippen LogP contribution is 2.42. The van der Waals surface area contributed by atoms with Gasteiger partial charge < -0.3 is 0 Å². The van der Waals surface area contributed by atoms with Crippen LogP contribution in [0.15, 0.2) is 0 Å². The Morgan fingerprint density at radius 3 is 2.20 bits per heavy atom. The Kier molecular flexibility index (Phi) is 4.74. The smallest absolute Gasteiger partial charge is 0.0768 e. The van der Waals surface area contributed by atoms with E-state index in [4.69, 9.17) is 0 Å². The summed E-state index contributed by atoms with van der Waals surface area (Å²) in [5.74, 6) is 2.09. The van der Waals surface area contributed by atoms with E-state index >= 15 is 0 Å². The lowest BCUT2D eigenvalue weighted by molar-refractivity contribution is 0.459. The molecule has 0 N–H and O–H groups in total. The summed E-state index contributed by atoms with van der Waals surface area (Å²) in [7, 11) is 0. The van der Waals surface area contributed by atoms with Gasteiger partial charge in [-0.15, -0.1) is 0 Å². The molecule has 0 aliphatic heterocycles. The fourth-order valence-electron chi connectivity index (χ4n) is 3.34. The van der Waals surface area contributed by atoms with Crippen LogP contribution in [0.1, 0.15) is 60.3 Å². The highest BCUT2D eigenvalue weighted by Gasteiger charge is 2.33. The Hall–Kier alpha value is 0.0649. The van der Waals surface area contributed by atoms with Crippen molar-refractivity contribution in [3.8, 4) is 0 Å². The Morgan fingerprint density at radius 1 is 1.13 bits per heavy atom. The van der Waals surface area contributed by atoms with Gasteiger partial charge in [0.1, 0.15) is 6.71 Å². The van der Waals surface area contributed by atoms with E-state index in [1.807, 2.05) is 0 Å². The highest BCUT2D eigenvalue weighted by molar-refractivity contribution is 6.60. The van der Waals surface area contributed by atoms with Crippen molar-refractivity contribution < 1.29 is 0 Å². The predicted molar refractivity (Wildman–Crippen MR) is 71.9 cm³/mol. The van der Waals surface area contributed by atoms with E-state index in [-0.39, 0.29) is 0 Å². The normalized spacial score (nSPS) is 27.0. The first-order chi connectivity index (χ1) is 6.96. The average molecular weight is 208 g/mol. The van der Waals surface area contributed by atoms with Crippen LogP contribution in [0, 0.1) is 11.3 Å². The zero-order valence-corrected chi connectivity index (χ0v) is 11.5. The molecule has 2 atom stereocenters. The molecule has 1 fully saturated rings. The molecule has 0 heterocycles. The number of rotatable bonds is 4. The predicted octanol–water partition coefficient (Wildman–Crippen LogP) is 5.13. The molecule has 1 rings (SSSR count). The minimum atomic E-state index is 0.519. The lowest BCUT2D eigenvalue weighted by Gasteiger charge is -2.27. The molecule has 0 aromatic heterocycles. The van der Waals surface area contributed by atoms with Gasteiger partial charge in [0.05, 0.1) is 0 Å². The van der Waals surface area contributed by atoms with Gasteiger partial charge in [0, 0.05) is 0 Å². The van der Waals surface area contributed by atoms with Crippen LogP contribution in [-0.4, -0.2) is 6.71 Å². The van der Waals surface area contributed by atoms with E-state index in [2.05, 4.69) is 34.6 Å². The Labute approximate surface area is 97.3 Å². The van der Waals surface area contributed by atoms with Crippen molar-refractivity contribution in [3.05, 3.63) is 0 Å². The van der Waals surface area contributed by atoms with Gasteiger partial charge in [-0.25, -0.2) is 0 Å². The zero-order chi connectivity index (χ0) is 11.5. The molecule has 0 spiro atoms. The van der Waals surface area contributed by atoms with Crippen molar-refractivity contribution in [3.63, 3.8) is 0 Å². The van der Waals surface area contributed by atoms with Crippen molar-refractivity contribution >= 4 is 6.71 Å². The van der Waals surface area contributed by atoms with Crippen LogP contribution in [0.5, 0.6) is 0 Å². The van der Waals surface area contributed by atoms with Crippen molar-refractivity contribution in [1.29, 1.82) is 0 Å². The van der Waals surface area contributed by atoms with Crippen LogP contribution < -0.4 is 0 Å². The van der Waals surface area contributed by atoms with E-state index in [9.17, 15) is 0 Å². The molecular formula is C14H29B. The van der Waals surface area contributed by atoms with Gasteiger partial charge in [0.2, 0.25) is 0 Å². The molecule has 0 aromatic carbocycles. The lowest BCUT2D eigenvalue weighted by Crippen LogP contribution is -2.24. The summed E-state index contributed by atoms with van der Waals surface area (Å²) in [6, 6.07) is 0. The maximum atomic E-state index is 2.39. The average Bonchev–Trinajstić information content (AvgIpc) is 2.60. The molecule has 0 aromatic rings. The third kappa shape index (κ3) is 4.21. The summed E-state index contributed by atoms with van der Waals surface area (Å²) in [5.41, 5.74) is 0.519. The Morgan fingerprint density at radius 2 is 1.80 bits per heavy atom. The summed E-state index contributed by atoms with van der Waals surface area (Å²) in [6.07, 6.45) is 8.74. The van der Waals surface area contributed by atoms with Crippen molar-refractivity contribution in [2.24, 2.45) is 11.3 Å². The number of hydrogen-bond donors (Lipinski definition) is 0. The minimum Gasteiger partial charge on any atom is -0.0768 e. The topological polar surface area (TPSA) is 0 Å². The molecule has 1 saturated carbocycles. The molecule has 2 unspecified atom stereocenters. The van der Waals surface area contributed by atoms with Gasteiger partial charge in [0.25, 0.3) is 0 Å². The molecule has 88 valence electrons. The monoisotopic (exact) mass is 208 g/mol. The largest absolute Gasteiger partial charge is 0.143 e. The van der Waals surface area contributed by atoms with E-state index in [0.717, 1.165) is 18.4 Å². The van der Waals surface area contributed by atoms with Crippen LogP contribution in [0.4, 0.5) is 0 Å². The van der Waals surface area contributed by atoms with E-state index in [1.54, 1.807) is 0 Å². The zero-order valence-electron chi connectivity index (χ0n) is 11.5. The van der Waals surface area contributed by atoms with Crippen LogP contribution in [0.2, 0.25) is 18.5 Å². The molecule has 1 aliphatic rings. The van der Waals surface area contributed by atoms with Gasteiger partial charge >= 0.3 is 0 Å². The van der Waals surface area contributed by atoms with Crippen molar-refractivity contribution in [2.75, 3.05) is 0 Å². The Bertz CT molecular complexity index is 180. The fraction of sp³-hybridized carbons (Fsp3) is 1.00. The molecule has 0 nitrogen and oxygen atoms in total. The number of hydrogen-bond acceptors (Lipinski definition) is 0. The standard InChI is InChI=1S/C14H29B/c1-6-12-8-9-13(10-12)15(7-2)11-14(3,4)5/h12-13H,6-11H2,1-5H3. The summed E-state index contributed by atoms with van der Waals surface area (Å²) in [6.45, 7) is 12.9. The van der Waals surface area contributed by atoms with Gasteiger partial charge in [-0.2, -0.15) is 0 Å². The second-order valence-corrected chi connectivity index (χ2v) is 6.78. The summed E-state index contributed by atoms with van der Waals surface area (Å²) < 4.78 is 0. The van der Waals surface area contributed by atoms with Crippen molar-refractivity contribution in [2.45, 2.75) is 78.8 Å². The second-order valence-electron chi connectivity index (χ2n) is 6.78. The van der Waals surface area contributed by atoms with E-state index in [0.29, 0.717) is 5.41 Å². The lowest BCUT2D eigenvalue weighted by atomic mass is 9.34. The summed E-state index contributed by atoms with van der Waals surface area (Å²) in [5, 5.41) is 0. The first kappa shape index (κ1) is 13.1. The molecule has 1 aliphatic carbocycles. The quantitative estimate of drug-likeness (QED) is 0.562. The third-order valence-corrected chi connectivity index (χ3v) is 4.22. The molecular weight excluding hydrogens is 179 g/mol. The van der Waals surface area contributed by atoms with Crippen LogP contribution in [0.25, 0.3) is 0 Å². The van der Waals surface area contributed by atoms with Gasteiger partial charge in [-0.05, 0) is 11.3 Å². The molecule has 0 bridgehead atoms. The molecule has 1 heteroatoms. The molecule has 15 heavy (non-hydrogen) atoms. The maximum absolute atomic E-state index is 2.39. The van der Waals surface area contributed by atoms with E-state index in [1.165, 1.54) is 38.3 Å². The SMILES string of the molecule is CCB(CC(C)(C)C)C1CCC(CC)C1. The fourth-order valence-corrected chi connectivity index (χ4v) is 3.34. The van der Waals surface area contributed by atoms with Gasteiger partial charge in [-0.3, -0.25) is 0 Å². The maximum Gasteiger partial charge on any atom is 0.143 e. The van der Waals surface area contributed by atoms with Crippen LogP contribution >= 0.6 is 0 Å². The van der Waals surface area contributed by atoms with E-state index < -0.39 is 0 Å². The molecule has 0 amide bonds. The highest BCUT2D eigenvalue weighted by atomic mass is 14.3. The Balaban J connectivity index is 2.46. The van der Waals surface area contributed by atoms with Crippen LogP contribution in [0.3, 0.4) is 0 Å². The second kappa shape index (κ2) is 5.41. The van der Waals surface area contributed by atoms with Gasteiger partial charge in [-0.1, -0.05) is 78.8 Å². The van der Waals surface area contributed by atoms with Crippen LogP contribution in [-0.2, 0) is 0 Å². The third-order valence-electron chi connectivity index (χ3n) is 4.22. The van der Waals surface area contributed by atoms with Gasteiger partial charge in [0.15, 0.2) is 0 Å². The molecule has 0 radical (unpaired) electrons.